The van der Waals surface area contributed by atoms with Gasteiger partial charge in [0.2, 0.25) is 6.29 Å². The second-order valence-corrected chi connectivity index (χ2v) is 7.43. The molecule has 154 valence electrons. The summed E-state index contributed by atoms with van der Waals surface area (Å²) in [6.07, 6.45) is 3.59. The Morgan fingerprint density at radius 1 is 1.11 bits per heavy atom. The quantitative estimate of drug-likeness (QED) is 0.492. The first kappa shape index (κ1) is 21.7. The normalized spacial score (nSPS) is 16.6. The third-order valence-corrected chi connectivity index (χ3v) is 5.08. The Morgan fingerprint density at radius 2 is 1.79 bits per heavy atom. The van der Waals surface area contributed by atoms with Crippen LogP contribution in [-0.4, -0.2) is 36.0 Å². The van der Waals surface area contributed by atoms with Crippen molar-refractivity contribution >= 4 is 18.0 Å². The van der Waals surface area contributed by atoms with E-state index in [9.17, 15) is 19.5 Å². The number of benzene rings is 1. The van der Waals surface area contributed by atoms with Crippen molar-refractivity contribution in [3.8, 4) is 0 Å². The molecule has 0 heterocycles. The van der Waals surface area contributed by atoms with Gasteiger partial charge in [-0.2, -0.15) is 0 Å². The van der Waals surface area contributed by atoms with Crippen molar-refractivity contribution in [2.75, 3.05) is 6.54 Å². The summed E-state index contributed by atoms with van der Waals surface area (Å²) in [4.78, 5) is 35.1. The summed E-state index contributed by atoms with van der Waals surface area (Å²) in [6, 6.07) is 9.57. The number of hydrogen-bond donors (Lipinski definition) is 2. The molecular weight excluding hydrogens is 362 g/mol. The topological polar surface area (TPSA) is 102 Å². The van der Waals surface area contributed by atoms with E-state index in [1.54, 1.807) is 0 Å². The fourth-order valence-corrected chi connectivity index (χ4v) is 3.65. The van der Waals surface area contributed by atoms with E-state index in [0.717, 1.165) is 37.7 Å². The van der Waals surface area contributed by atoms with Crippen molar-refractivity contribution in [3.05, 3.63) is 35.9 Å². The highest BCUT2D eigenvalue weighted by Crippen LogP contribution is 2.38. The fraction of sp³-hybridized carbons (Fsp3) is 0.571. The van der Waals surface area contributed by atoms with Gasteiger partial charge in [-0.25, -0.2) is 4.79 Å². The Morgan fingerprint density at radius 3 is 2.43 bits per heavy atom. The number of nitrogens with one attached hydrogen (secondary N) is 1. The molecule has 0 radical (unpaired) electrons. The minimum atomic E-state index is -1.01. The van der Waals surface area contributed by atoms with Crippen LogP contribution in [0.3, 0.4) is 0 Å². The van der Waals surface area contributed by atoms with Crippen LogP contribution < -0.4 is 5.32 Å². The molecule has 7 nitrogen and oxygen atoms in total. The molecule has 1 amide bonds. The molecule has 1 unspecified atom stereocenters. The van der Waals surface area contributed by atoms with E-state index in [2.05, 4.69) is 5.32 Å². The Kier molecular flexibility index (Phi) is 8.29. The number of aryl methyl sites for hydroxylation is 1. The van der Waals surface area contributed by atoms with Gasteiger partial charge in [-0.15, -0.1) is 0 Å². The second kappa shape index (κ2) is 10.7. The van der Waals surface area contributed by atoms with Crippen LogP contribution in [-0.2, 0) is 25.5 Å². The summed E-state index contributed by atoms with van der Waals surface area (Å²) in [5, 5.41) is 11.8. The van der Waals surface area contributed by atoms with Gasteiger partial charge in [0.25, 0.3) is 0 Å². The van der Waals surface area contributed by atoms with Gasteiger partial charge in [0.1, 0.15) is 0 Å². The minimum Gasteiger partial charge on any atom is -0.481 e. The van der Waals surface area contributed by atoms with Gasteiger partial charge >= 0.3 is 18.0 Å². The molecule has 0 bridgehead atoms. The predicted molar refractivity (Wildman–Crippen MR) is 103 cm³/mol. The molecule has 7 heteroatoms. The van der Waals surface area contributed by atoms with Crippen LogP contribution in [0.1, 0.15) is 57.4 Å². The van der Waals surface area contributed by atoms with Crippen LogP contribution in [0.4, 0.5) is 4.79 Å². The van der Waals surface area contributed by atoms with Crippen LogP contribution >= 0.6 is 0 Å². The summed E-state index contributed by atoms with van der Waals surface area (Å²) in [5.41, 5.74) is 0.598. The lowest BCUT2D eigenvalue weighted by Gasteiger charge is -2.36. The monoisotopic (exact) mass is 391 g/mol. The number of carbonyl (C=O) groups excluding carboxylic acids is 2. The average Bonchev–Trinajstić information content (AvgIpc) is 2.66. The van der Waals surface area contributed by atoms with Crippen LogP contribution in [0.2, 0.25) is 0 Å². The standard InChI is InChI=1S/C21H29NO6/c1-16(27-19(25)11-10-17-8-4-2-5-9-17)28-20(26)22-15-21(14-18(23)24)12-6-3-7-13-21/h2,4-5,8-9,16H,3,6-7,10-15H2,1H3,(H,22,26)(H,23,24). The lowest BCUT2D eigenvalue weighted by molar-refractivity contribution is -0.165. The van der Waals surface area contributed by atoms with Crippen molar-refractivity contribution in [1.82, 2.24) is 5.32 Å². The van der Waals surface area contributed by atoms with Gasteiger partial charge in [-0.05, 0) is 30.2 Å². The number of carbonyl (C=O) groups is 3. The van der Waals surface area contributed by atoms with Crippen LogP contribution in [0.25, 0.3) is 0 Å². The highest BCUT2D eigenvalue weighted by molar-refractivity contribution is 5.71. The maximum atomic E-state index is 12.0. The molecule has 2 N–H and O–H groups in total. The fourth-order valence-electron chi connectivity index (χ4n) is 3.65. The summed E-state index contributed by atoms with van der Waals surface area (Å²) in [6.45, 7) is 1.72. The zero-order valence-electron chi connectivity index (χ0n) is 16.3. The summed E-state index contributed by atoms with van der Waals surface area (Å²) in [7, 11) is 0. The average molecular weight is 391 g/mol. The molecule has 1 aromatic carbocycles. The maximum absolute atomic E-state index is 12.0. The molecule has 1 atom stereocenters. The third-order valence-electron chi connectivity index (χ3n) is 5.08. The Hall–Kier alpha value is -2.57. The predicted octanol–water partition coefficient (Wildman–Crippen LogP) is 3.66. The molecule has 28 heavy (non-hydrogen) atoms. The number of aliphatic carboxylic acids is 1. The van der Waals surface area contributed by atoms with Crippen molar-refractivity contribution in [2.45, 2.75) is 64.6 Å². The third kappa shape index (κ3) is 7.58. The minimum absolute atomic E-state index is 0.0251. The zero-order valence-corrected chi connectivity index (χ0v) is 16.3. The molecule has 0 aromatic heterocycles. The molecule has 1 aliphatic rings. The SMILES string of the molecule is CC(OC(=O)CCc1ccccc1)OC(=O)NCC1(CC(=O)O)CCCCC1. The number of alkyl carbamates (subject to hydrolysis) is 1. The number of ether oxygens (including phenoxy) is 2. The molecule has 0 saturated heterocycles. The molecule has 1 fully saturated rings. The highest BCUT2D eigenvalue weighted by Gasteiger charge is 2.35. The zero-order chi connectivity index (χ0) is 20.4. The van der Waals surface area contributed by atoms with Crippen molar-refractivity contribution < 1.29 is 29.0 Å². The van der Waals surface area contributed by atoms with E-state index < -0.39 is 29.7 Å². The van der Waals surface area contributed by atoms with Crippen molar-refractivity contribution in [3.63, 3.8) is 0 Å². The maximum Gasteiger partial charge on any atom is 0.410 e. The van der Waals surface area contributed by atoms with Gasteiger partial charge < -0.3 is 19.9 Å². The van der Waals surface area contributed by atoms with E-state index >= 15 is 0 Å². The molecular formula is C21H29NO6. The largest absolute Gasteiger partial charge is 0.481 e. The van der Waals surface area contributed by atoms with E-state index in [0.29, 0.717) is 6.42 Å². The number of rotatable bonds is 9. The molecule has 2 rings (SSSR count). The number of hydrogen-bond acceptors (Lipinski definition) is 5. The molecule has 1 aromatic rings. The van der Waals surface area contributed by atoms with Crippen LogP contribution in [0.15, 0.2) is 30.3 Å². The number of carboxylic acids is 1. The Labute approximate surface area is 165 Å². The Balaban J connectivity index is 1.72. The van der Waals surface area contributed by atoms with Gasteiger partial charge in [0.05, 0.1) is 6.42 Å². The second-order valence-electron chi connectivity index (χ2n) is 7.43. The van der Waals surface area contributed by atoms with Gasteiger partial charge in [0, 0.05) is 19.9 Å². The number of esters is 1. The lowest BCUT2D eigenvalue weighted by Crippen LogP contribution is -2.41. The number of amides is 1. The Bertz CT molecular complexity index is 654. The summed E-state index contributed by atoms with van der Waals surface area (Å²) < 4.78 is 10.2. The van der Waals surface area contributed by atoms with Crippen LogP contribution in [0.5, 0.6) is 0 Å². The summed E-state index contributed by atoms with van der Waals surface area (Å²) >= 11 is 0. The lowest BCUT2D eigenvalue weighted by atomic mass is 9.72. The van der Waals surface area contributed by atoms with Gasteiger partial charge in [-0.3, -0.25) is 9.59 Å². The smallest absolute Gasteiger partial charge is 0.410 e. The summed E-state index contributed by atoms with van der Waals surface area (Å²) in [5.74, 6) is -1.31. The van der Waals surface area contributed by atoms with Crippen LogP contribution in [0, 0.1) is 5.41 Å². The first-order chi connectivity index (χ1) is 13.4. The van der Waals surface area contributed by atoms with Crippen molar-refractivity contribution in [1.29, 1.82) is 0 Å². The molecule has 1 aliphatic carbocycles. The first-order valence-electron chi connectivity index (χ1n) is 9.78. The molecule has 0 spiro atoms. The van der Waals surface area contributed by atoms with Crippen molar-refractivity contribution in [2.24, 2.45) is 5.41 Å². The van der Waals surface area contributed by atoms with Gasteiger partial charge in [0.15, 0.2) is 0 Å². The van der Waals surface area contributed by atoms with Gasteiger partial charge in [-0.1, -0.05) is 49.6 Å². The van der Waals surface area contributed by atoms with E-state index in [4.69, 9.17) is 9.47 Å². The molecule has 1 saturated carbocycles. The highest BCUT2D eigenvalue weighted by atomic mass is 16.7. The first-order valence-corrected chi connectivity index (χ1v) is 9.78. The van der Waals surface area contributed by atoms with E-state index in [1.807, 2.05) is 30.3 Å². The molecule has 0 aliphatic heterocycles. The van der Waals surface area contributed by atoms with E-state index in [1.165, 1.54) is 6.92 Å². The van der Waals surface area contributed by atoms with E-state index in [-0.39, 0.29) is 19.4 Å². The number of carboxylic acid groups (broad SMARTS) is 1.